The monoisotopic (exact) mass is 262 g/mol. The summed E-state index contributed by atoms with van der Waals surface area (Å²) in [5.74, 6) is -0.0855. The lowest BCUT2D eigenvalue weighted by molar-refractivity contribution is -0.274. The molecule has 1 aromatic carbocycles. The molecule has 0 bridgehead atoms. The Labute approximate surface area is 102 Å². The van der Waals surface area contributed by atoms with Gasteiger partial charge in [-0.05, 0) is 31.4 Å². The van der Waals surface area contributed by atoms with Gasteiger partial charge in [0.05, 0.1) is 5.60 Å². The van der Waals surface area contributed by atoms with E-state index in [2.05, 4.69) is 4.74 Å². The van der Waals surface area contributed by atoms with Crippen molar-refractivity contribution in [2.45, 2.75) is 31.2 Å². The topological polar surface area (TPSA) is 38.7 Å². The van der Waals surface area contributed by atoms with Crippen LogP contribution >= 0.6 is 0 Å². The van der Waals surface area contributed by atoms with E-state index in [0.717, 1.165) is 12.5 Å². The van der Waals surface area contributed by atoms with E-state index >= 15 is 0 Å². The van der Waals surface area contributed by atoms with E-state index < -0.39 is 12.0 Å². The van der Waals surface area contributed by atoms with Crippen molar-refractivity contribution in [1.82, 2.24) is 0 Å². The van der Waals surface area contributed by atoms with E-state index in [4.69, 9.17) is 4.74 Å². The van der Waals surface area contributed by atoms with Crippen LogP contribution in [0.5, 0.6) is 11.5 Å². The van der Waals surface area contributed by atoms with Crippen LogP contribution in [-0.2, 0) is 0 Å². The Morgan fingerprint density at radius 2 is 1.89 bits per heavy atom. The molecule has 6 heteroatoms. The van der Waals surface area contributed by atoms with Gasteiger partial charge in [0.15, 0.2) is 0 Å². The van der Waals surface area contributed by atoms with Crippen LogP contribution in [0.15, 0.2) is 24.3 Å². The molecule has 0 amide bonds. The SMILES string of the molecule is OC1(COc2cccc(OC(F)(F)F)c2)CCC1. The Bertz CT molecular complexity index is 413. The van der Waals surface area contributed by atoms with Gasteiger partial charge in [0.1, 0.15) is 18.1 Å². The molecule has 1 aromatic rings. The minimum atomic E-state index is -4.72. The number of ether oxygens (including phenoxy) is 2. The molecule has 1 aliphatic rings. The summed E-state index contributed by atoms with van der Waals surface area (Å²) < 4.78 is 45.1. The summed E-state index contributed by atoms with van der Waals surface area (Å²) >= 11 is 0. The highest BCUT2D eigenvalue weighted by atomic mass is 19.4. The molecule has 1 fully saturated rings. The number of alkyl halides is 3. The molecule has 3 nitrogen and oxygen atoms in total. The average molecular weight is 262 g/mol. The Morgan fingerprint density at radius 1 is 1.22 bits per heavy atom. The van der Waals surface area contributed by atoms with Crippen molar-refractivity contribution in [2.24, 2.45) is 0 Å². The minimum absolute atomic E-state index is 0.0858. The molecular formula is C12H13F3O3. The van der Waals surface area contributed by atoms with Crippen LogP contribution in [0.2, 0.25) is 0 Å². The van der Waals surface area contributed by atoms with E-state index in [1.165, 1.54) is 18.2 Å². The van der Waals surface area contributed by atoms with Gasteiger partial charge >= 0.3 is 6.36 Å². The third-order valence-corrected chi connectivity index (χ3v) is 2.83. The standard InChI is InChI=1S/C12H13F3O3/c13-12(14,15)18-10-4-1-3-9(7-10)17-8-11(16)5-2-6-11/h1,3-4,7,16H,2,5-6,8H2. The summed E-state index contributed by atoms with van der Waals surface area (Å²) in [6, 6.07) is 5.26. The van der Waals surface area contributed by atoms with Crippen molar-refractivity contribution >= 4 is 0 Å². The summed E-state index contributed by atoms with van der Waals surface area (Å²) in [4.78, 5) is 0. The number of hydrogen-bond donors (Lipinski definition) is 1. The Balaban J connectivity index is 1.94. The van der Waals surface area contributed by atoms with E-state index in [-0.39, 0.29) is 18.1 Å². The fourth-order valence-corrected chi connectivity index (χ4v) is 1.71. The maximum atomic E-state index is 12.0. The highest BCUT2D eigenvalue weighted by Crippen LogP contribution is 2.33. The molecule has 18 heavy (non-hydrogen) atoms. The first-order valence-corrected chi connectivity index (χ1v) is 5.57. The first-order valence-electron chi connectivity index (χ1n) is 5.57. The molecule has 1 N–H and O–H groups in total. The van der Waals surface area contributed by atoms with Crippen LogP contribution in [-0.4, -0.2) is 23.7 Å². The molecule has 100 valence electrons. The smallest absolute Gasteiger partial charge is 0.490 e. The molecule has 0 aliphatic heterocycles. The van der Waals surface area contributed by atoms with Gasteiger partial charge in [-0.2, -0.15) is 0 Å². The summed E-state index contributed by atoms with van der Waals surface area (Å²) in [7, 11) is 0. The minimum Gasteiger partial charge on any atom is -0.490 e. The zero-order chi connectivity index (χ0) is 13.2. The summed E-state index contributed by atoms with van der Waals surface area (Å²) in [5.41, 5.74) is -0.832. The molecule has 0 unspecified atom stereocenters. The Kier molecular flexibility index (Phi) is 3.38. The second-order valence-electron chi connectivity index (χ2n) is 4.39. The van der Waals surface area contributed by atoms with Crippen molar-refractivity contribution < 1.29 is 27.8 Å². The van der Waals surface area contributed by atoms with Gasteiger partial charge in [0, 0.05) is 6.07 Å². The lowest BCUT2D eigenvalue weighted by Gasteiger charge is -2.36. The normalized spacial score (nSPS) is 18.0. The molecule has 0 spiro atoms. The van der Waals surface area contributed by atoms with Crippen molar-refractivity contribution in [1.29, 1.82) is 0 Å². The molecule has 1 saturated carbocycles. The molecule has 2 rings (SSSR count). The van der Waals surface area contributed by atoms with Crippen LogP contribution < -0.4 is 9.47 Å². The van der Waals surface area contributed by atoms with Crippen molar-refractivity contribution in [2.75, 3.05) is 6.61 Å². The second-order valence-corrected chi connectivity index (χ2v) is 4.39. The molecule has 0 saturated heterocycles. The first kappa shape index (κ1) is 13.0. The fourth-order valence-electron chi connectivity index (χ4n) is 1.71. The molecule has 0 aromatic heterocycles. The van der Waals surface area contributed by atoms with Gasteiger partial charge in [-0.15, -0.1) is 13.2 Å². The zero-order valence-corrected chi connectivity index (χ0v) is 9.54. The summed E-state index contributed by atoms with van der Waals surface area (Å²) in [6.07, 6.45) is -2.46. The van der Waals surface area contributed by atoms with E-state index in [0.29, 0.717) is 12.8 Å². The first-order chi connectivity index (χ1) is 8.36. The number of benzene rings is 1. The zero-order valence-electron chi connectivity index (χ0n) is 9.54. The highest BCUT2D eigenvalue weighted by molar-refractivity contribution is 5.33. The average Bonchev–Trinajstić information content (AvgIpc) is 2.22. The largest absolute Gasteiger partial charge is 0.573 e. The predicted molar refractivity (Wildman–Crippen MR) is 57.4 cm³/mol. The third kappa shape index (κ3) is 3.53. The quantitative estimate of drug-likeness (QED) is 0.906. The van der Waals surface area contributed by atoms with Crippen molar-refractivity contribution in [3.8, 4) is 11.5 Å². The molecule has 0 radical (unpaired) electrons. The Hall–Kier alpha value is -1.43. The van der Waals surface area contributed by atoms with Crippen LogP contribution in [0.1, 0.15) is 19.3 Å². The van der Waals surface area contributed by atoms with Gasteiger partial charge in [-0.25, -0.2) is 0 Å². The van der Waals surface area contributed by atoms with Crippen molar-refractivity contribution in [3.05, 3.63) is 24.3 Å². The van der Waals surface area contributed by atoms with E-state index in [1.807, 2.05) is 0 Å². The maximum Gasteiger partial charge on any atom is 0.573 e. The maximum absolute atomic E-state index is 12.0. The third-order valence-electron chi connectivity index (χ3n) is 2.83. The van der Waals surface area contributed by atoms with Gasteiger partial charge in [-0.3, -0.25) is 0 Å². The number of hydrogen-bond acceptors (Lipinski definition) is 3. The molecule has 0 heterocycles. The van der Waals surface area contributed by atoms with E-state index in [1.54, 1.807) is 0 Å². The lowest BCUT2D eigenvalue weighted by atomic mass is 9.81. The number of rotatable bonds is 4. The van der Waals surface area contributed by atoms with Gasteiger partial charge < -0.3 is 14.6 Å². The summed E-state index contributed by atoms with van der Waals surface area (Å²) in [5, 5.41) is 9.79. The van der Waals surface area contributed by atoms with Crippen LogP contribution in [0.25, 0.3) is 0 Å². The van der Waals surface area contributed by atoms with E-state index in [9.17, 15) is 18.3 Å². The summed E-state index contributed by atoms with van der Waals surface area (Å²) in [6.45, 7) is 0.0858. The second kappa shape index (κ2) is 4.68. The fraction of sp³-hybridized carbons (Fsp3) is 0.500. The molecule has 1 aliphatic carbocycles. The molecule has 0 atom stereocenters. The number of aliphatic hydroxyl groups is 1. The Morgan fingerprint density at radius 3 is 2.44 bits per heavy atom. The lowest BCUT2D eigenvalue weighted by Crippen LogP contribution is -2.42. The number of halogens is 3. The van der Waals surface area contributed by atoms with Gasteiger partial charge in [0.25, 0.3) is 0 Å². The van der Waals surface area contributed by atoms with Crippen LogP contribution in [0.4, 0.5) is 13.2 Å². The molecular weight excluding hydrogens is 249 g/mol. The van der Waals surface area contributed by atoms with Crippen LogP contribution in [0.3, 0.4) is 0 Å². The van der Waals surface area contributed by atoms with Crippen molar-refractivity contribution in [3.63, 3.8) is 0 Å². The van der Waals surface area contributed by atoms with Gasteiger partial charge in [0.2, 0.25) is 0 Å². The highest BCUT2D eigenvalue weighted by Gasteiger charge is 2.35. The van der Waals surface area contributed by atoms with Crippen LogP contribution in [0, 0.1) is 0 Å². The predicted octanol–water partition coefficient (Wildman–Crippen LogP) is 2.88. The van der Waals surface area contributed by atoms with Gasteiger partial charge in [-0.1, -0.05) is 6.07 Å².